The first-order valence-electron chi connectivity index (χ1n) is 17.5. The van der Waals surface area contributed by atoms with E-state index in [1.54, 1.807) is 56.3 Å². The first kappa shape index (κ1) is 44.3. The first-order chi connectivity index (χ1) is 25.7. The van der Waals surface area contributed by atoms with Crippen LogP contribution in [0.1, 0.15) is 44.4 Å². The molecule has 0 aliphatic heterocycles. The molecule has 14 nitrogen and oxygen atoms in total. The smallest absolute Gasteiger partial charge is 0.327 e. The molecule has 16 heteroatoms. The van der Waals surface area contributed by atoms with Gasteiger partial charge in [0.05, 0.1) is 12.6 Å². The predicted molar refractivity (Wildman–Crippen MR) is 215 cm³/mol. The van der Waals surface area contributed by atoms with Gasteiger partial charge in [0.15, 0.2) is 0 Å². The molecule has 0 radical (unpaired) electrons. The molecule has 9 N–H and O–H groups in total. The number of phenols is 1. The highest BCUT2D eigenvalue weighted by atomic mass is 32.1. The van der Waals surface area contributed by atoms with Gasteiger partial charge in [-0.1, -0.05) is 72.8 Å². The van der Waals surface area contributed by atoms with Gasteiger partial charge in [-0.05, 0) is 62.9 Å². The Bertz CT molecular complexity index is 1780. The fourth-order valence-corrected chi connectivity index (χ4v) is 5.84. The number of carboxylic acid groups (broad SMARTS) is 1. The largest absolute Gasteiger partial charge is 0.508 e. The van der Waals surface area contributed by atoms with Crippen molar-refractivity contribution in [1.82, 2.24) is 26.6 Å². The zero-order chi connectivity index (χ0) is 40.9. The number of benzene rings is 3. The maximum absolute atomic E-state index is 13.8. The van der Waals surface area contributed by atoms with E-state index in [1.807, 2.05) is 30.3 Å². The summed E-state index contributed by atoms with van der Waals surface area (Å²) in [5, 5.41) is 32.3. The van der Waals surface area contributed by atoms with Gasteiger partial charge in [0, 0.05) is 22.3 Å². The fraction of sp³-hybridized carbons (Fsp3) is 0.385. The van der Waals surface area contributed by atoms with Crippen LogP contribution in [0.5, 0.6) is 5.75 Å². The van der Waals surface area contributed by atoms with Crippen molar-refractivity contribution in [2.45, 2.75) is 86.7 Å². The Morgan fingerprint density at radius 1 is 0.600 bits per heavy atom. The molecule has 0 aliphatic carbocycles. The number of amides is 5. The molecule has 3 rings (SSSR count). The minimum absolute atomic E-state index is 0.00865. The molecule has 0 fully saturated rings. The zero-order valence-corrected chi connectivity index (χ0v) is 32.9. The quantitative estimate of drug-likeness (QED) is 0.0788. The summed E-state index contributed by atoms with van der Waals surface area (Å²) in [6.45, 7) is 5.59. The van der Waals surface area contributed by atoms with Gasteiger partial charge in [-0.3, -0.25) is 24.0 Å². The average molecular weight is 795 g/mol. The second-order valence-electron chi connectivity index (χ2n) is 14.3. The Kier molecular flexibility index (Phi) is 16.1. The summed E-state index contributed by atoms with van der Waals surface area (Å²) in [4.78, 5) is 79.1. The number of nitrogens with two attached hydrogens (primary N) is 1. The van der Waals surface area contributed by atoms with E-state index in [4.69, 9.17) is 5.73 Å². The van der Waals surface area contributed by atoms with Crippen LogP contribution in [-0.4, -0.2) is 92.0 Å². The molecule has 0 saturated carbocycles. The van der Waals surface area contributed by atoms with Crippen LogP contribution in [0.25, 0.3) is 0 Å². The number of hydrogen-bond donors (Lipinski definition) is 10. The SMILES string of the molecule is CC(C)(S)[C@@H](NC(=O)[C@H](Cc1ccccc1)NC(=O)CNC(=O)[C@H](NC(=O)[C@H](Cc1ccc(O)cc1)NC(=O)[C@@H](N)Cc1ccccc1)C(C)(C)S)C(=O)O. The second kappa shape index (κ2) is 20.0. The molecule has 0 spiro atoms. The Balaban J connectivity index is 1.75. The summed E-state index contributed by atoms with van der Waals surface area (Å²) >= 11 is 8.84. The minimum atomic E-state index is -1.39. The van der Waals surface area contributed by atoms with E-state index in [9.17, 15) is 39.0 Å². The summed E-state index contributed by atoms with van der Waals surface area (Å²) in [5.41, 5.74) is 8.30. The minimum Gasteiger partial charge on any atom is -0.508 e. The summed E-state index contributed by atoms with van der Waals surface area (Å²) < 4.78 is -2.33. The lowest BCUT2D eigenvalue weighted by Crippen LogP contribution is -2.61. The molecule has 55 heavy (non-hydrogen) atoms. The maximum atomic E-state index is 13.8. The molecule has 5 amide bonds. The average Bonchev–Trinajstić information content (AvgIpc) is 3.11. The van der Waals surface area contributed by atoms with Gasteiger partial charge in [-0.25, -0.2) is 4.79 Å². The third kappa shape index (κ3) is 14.6. The molecule has 0 aromatic heterocycles. The van der Waals surface area contributed by atoms with E-state index in [1.165, 1.54) is 26.0 Å². The molecule has 296 valence electrons. The number of hydrogen-bond acceptors (Lipinski definition) is 10. The van der Waals surface area contributed by atoms with Crippen LogP contribution in [0.2, 0.25) is 0 Å². The third-order valence-electron chi connectivity index (χ3n) is 8.50. The van der Waals surface area contributed by atoms with Gasteiger partial charge in [-0.15, -0.1) is 0 Å². The lowest BCUT2D eigenvalue weighted by atomic mass is 9.99. The number of carboxylic acids is 1. The molecule has 0 unspecified atom stereocenters. The van der Waals surface area contributed by atoms with Crippen LogP contribution in [0.3, 0.4) is 0 Å². The van der Waals surface area contributed by atoms with Crippen molar-refractivity contribution < 1.29 is 39.0 Å². The Labute approximate surface area is 331 Å². The number of aliphatic carboxylic acids is 1. The lowest BCUT2D eigenvalue weighted by molar-refractivity contribution is -0.143. The Morgan fingerprint density at radius 2 is 1.04 bits per heavy atom. The van der Waals surface area contributed by atoms with Crippen LogP contribution >= 0.6 is 25.3 Å². The monoisotopic (exact) mass is 794 g/mol. The molecule has 0 heterocycles. The highest BCUT2D eigenvalue weighted by molar-refractivity contribution is 7.82. The maximum Gasteiger partial charge on any atom is 0.327 e. The summed E-state index contributed by atoms with van der Waals surface area (Å²) in [5.74, 6) is -4.97. The van der Waals surface area contributed by atoms with Gasteiger partial charge in [0.25, 0.3) is 0 Å². The van der Waals surface area contributed by atoms with E-state index in [2.05, 4.69) is 51.8 Å². The first-order valence-corrected chi connectivity index (χ1v) is 18.4. The predicted octanol–water partition coefficient (Wildman–Crippen LogP) is 1.30. The van der Waals surface area contributed by atoms with Crippen molar-refractivity contribution in [3.8, 4) is 5.75 Å². The third-order valence-corrected chi connectivity index (χ3v) is 9.01. The number of carbonyl (C=O) groups excluding carboxylic acids is 5. The molecular formula is C39H50N6O8S2. The molecule has 0 saturated heterocycles. The van der Waals surface area contributed by atoms with E-state index in [-0.39, 0.29) is 25.0 Å². The summed E-state index contributed by atoms with van der Waals surface area (Å²) in [7, 11) is 0. The summed E-state index contributed by atoms with van der Waals surface area (Å²) in [6, 6.07) is 17.8. The van der Waals surface area contributed by atoms with E-state index >= 15 is 0 Å². The summed E-state index contributed by atoms with van der Waals surface area (Å²) in [6.07, 6.45) is 0.201. The van der Waals surface area contributed by atoms with Crippen LogP contribution in [0, 0.1) is 0 Å². The van der Waals surface area contributed by atoms with Crippen molar-refractivity contribution in [3.05, 3.63) is 102 Å². The van der Waals surface area contributed by atoms with Gasteiger partial charge in [0.2, 0.25) is 29.5 Å². The Hall–Kier alpha value is -5.06. The van der Waals surface area contributed by atoms with Crippen molar-refractivity contribution in [3.63, 3.8) is 0 Å². The molecule has 5 atom stereocenters. The standard InChI is InChI=1S/C39H50N6O8S2/c1-38(2,54)31(44-35(50)29(21-25-15-17-26(46)18-16-25)43-33(48)27(40)19-23-11-7-5-8-12-23)36(51)41-22-30(47)42-28(20-24-13-9-6-10-14-24)34(49)45-32(37(52)53)39(3,4)55/h5-18,27-29,31-32,46,54-55H,19-22,40H2,1-4H3,(H,41,51)(H,42,47)(H,43,48)(H,44,50)(H,45,49)(H,52,53)/t27-,28-,29-,31-,32-/m0/s1. The van der Waals surface area contributed by atoms with Gasteiger partial charge < -0.3 is 42.5 Å². The van der Waals surface area contributed by atoms with Gasteiger partial charge in [0.1, 0.15) is 29.9 Å². The number of aromatic hydroxyl groups is 1. The van der Waals surface area contributed by atoms with Crippen LogP contribution < -0.4 is 32.3 Å². The number of phenolic OH excluding ortho intramolecular Hbond substituents is 1. The van der Waals surface area contributed by atoms with E-state index in [0.29, 0.717) is 11.1 Å². The van der Waals surface area contributed by atoms with E-state index in [0.717, 1.165) is 5.56 Å². The number of carbonyl (C=O) groups is 6. The Morgan fingerprint density at radius 3 is 1.51 bits per heavy atom. The number of rotatable bonds is 19. The van der Waals surface area contributed by atoms with Crippen LogP contribution in [0.4, 0.5) is 0 Å². The van der Waals surface area contributed by atoms with Crippen molar-refractivity contribution in [1.29, 1.82) is 0 Å². The van der Waals surface area contributed by atoms with Crippen molar-refractivity contribution in [2.75, 3.05) is 6.54 Å². The van der Waals surface area contributed by atoms with Gasteiger partial charge >= 0.3 is 5.97 Å². The van der Waals surface area contributed by atoms with Crippen molar-refractivity contribution in [2.24, 2.45) is 5.73 Å². The second-order valence-corrected chi connectivity index (χ2v) is 16.6. The lowest BCUT2D eigenvalue weighted by Gasteiger charge is -2.31. The molecule has 0 bridgehead atoms. The normalized spacial score (nSPS) is 14.2. The van der Waals surface area contributed by atoms with Gasteiger partial charge in [-0.2, -0.15) is 25.3 Å². The topological polar surface area (TPSA) is 229 Å². The molecular weight excluding hydrogens is 745 g/mol. The number of thiol groups is 2. The fourth-order valence-electron chi connectivity index (χ4n) is 5.48. The van der Waals surface area contributed by atoms with Crippen LogP contribution in [0.15, 0.2) is 84.9 Å². The number of nitrogens with one attached hydrogen (secondary N) is 5. The highest BCUT2D eigenvalue weighted by Crippen LogP contribution is 2.20. The van der Waals surface area contributed by atoms with Crippen LogP contribution in [-0.2, 0) is 48.0 Å². The molecule has 3 aromatic rings. The van der Waals surface area contributed by atoms with Crippen molar-refractivity contribution >= 4 is 60.8 Å². The molecule has 3 aromatic carbocycles. The highest BCUT2D eigenvalue weighted by Gasteiger charge is 2.38. The van der Waals surface area contributed by atoms with E-state index < -0.39 is 81.8 Å². The molecule has 0 aliphatic rings. The zero-order valence-electron chi connectivity index (χ0n) is 31.1.